The van der Waals surface area contributed by atoms with E-state index < -0.39 is 23.3 Å². The van der Waals surface area contributed by atoms with E-state index in [0.29, 0.717) is 31.6 Å². The summed E-state index contributed by atoms with van der Waals surface area (Å²) in [6, 6.07) is 18.1. The molecule has 0 radical (unpaired) electrons. The fourth-order valence-corrected chi connectivity index (χ4v) is 5.77. The Balaban J connectivity index is 1.96. The maximum absolute atomic E-state index is 13.7. The molecule has 0 fully saturated rings. The number of primary amides is 1. The van der Waals surface area contributed by atoms with Crippen molar-refractivity contribution in [2.45, 2.75) is 66.0 Å². The highest BCUT2D eigenvalue weighted by atomic mass is 16.3. The van der Waals surface area contributed by atoms with Gasteiger partial charge in [0.2, 0.25) is 11.8 Å². The van der Waals surface area contributed by atoms with Gasteiger partial charge in [-0.25, -0.2) is 0 Å². The summed E-state index contributed by atoms with van der Waals surface area (Å²) >= 11 is 0. The van der Waals surface area contributed by atoms with Crippen LogP contribution in [0.1, 0.15) is 56.7 Å². The number of rotatable bonds is 14. The van der Waals surface area contributed by atoms with Crippen LogP contribution in [0.5, 0.6) is 0 Å². The van der Waals surface area contributed by atoms with Crippen molar-refractivity contribution in [1.29, 1.82) is 0 Å². The van der Waals surface area contributed by atoms with E-state index in [1.807, 2.05) is 79.4 Å². The number of aliphatic hydroxyl groups is 1. The van der Waals surface area contributed by atoms with E-state index in [9.17, 15) is 14.7 Å². The lowest BCUT2D eigenvalue weighted by Gasteiger charge is -2.42. The first-order valence-electron chi connectivity index (χ1n) is 14.2. The lowest BCUT2D eigenvalue weighted by molar-refractivity contribution is -0.132. The molecule has 6 heteroatoms. The van der Waals surface area contributed by atoms with Crippen molar-refractivity contribution >= 4 is 11.8 Å². The van der Waals surface area contributed by atoms with Gasteiger partial charge in [-0.2, -0.15) is 0 Å². The Morgan fingerprint density at radius 1 is 1.03 bits per heavy atom. The zero-order valence-electron chi connectivity index (χ0n) is 24.0. The molecule has 6 nitrogen and oxygen atoms in total. The van der Waals surface area contributed by atoms with Gasteiger partial charge in [-0.3, -0.25) is 9.59 Å². The molecular formula is C33H45N3O3. The van der Waals surface area contributed by atoms with Gasteiger partial charge in [-0.1, -0.05) is 91.7 Å². The lowest BCUT2D eigenvalue weighted by Crippen LogP contribution is -2.51. The van der Waals surface area contributed by atoms with Gasteiger partial charge < -0.3 is 21.1 Å². The first-order chi connectivity index (χ1) is 18.7. The standard InChI is InChI=1S/C33H45N3O3/c1-5-15-36(16-6-2)31(38)28-18-25(4)20-33(21-28,32(34)39)29(19-27-14-10-11-24(3)17-27)30(37)23-35-22-26-12-8-7-9-13-26/h7-14,17-18,20,29-30,35,37H,5-6,15-16,19,21-23H2,1-4H3,(H2,34,39)/t29-,30+,33?/m1/s1. The van der Waals surface area contributed by atoms with Gasteiger partial charge in [0.05, 0.1) is 11.5 Å². The van der Waals surface area contributed by atoms with Gasteiger partial charge in [0.1, 0.15) is 0 Å². The molecule has 0 bridgehead atoms. The Kier molecular flexibility index (Phi) is 11.1. The highest BCUT2D eigenvalue weighted by Gasteiger charge is 2.48. The molecular weight excluding hydrogens is 486 g/mol. The maximum atomic E-state index is 13.7. The van der Waals surface area contributed by atoms with Gasteiger partial charge in [-0.05, 0) is 50.7 Å². The summed E-state index contributed by atoms with van der Waals surface area (Å²) in [6.45, 7) is 10.3. The largest absolute Gasteiger partial charge is 0.391 e. The second-order valence-corrected chi connectivity index (χ2v) is 10.9. The molecule has 1 aliphatic carbocycles. The quantitative estimate of drug-likeness (QED) is 0.329. The van der Waals surface area contributed by atoms with Gasteiger partial charge in [0, 0.05) is 37.7 Å². The zero-order valence-corrected chi connectivity index (χ0v) is 24.0. The predicted molar refractivity (Wildman–Crippen MR) is 158 cm³/mol. The number of nitrogens with zero attached hydrogens (tertiary/aromatic N) is 1. The summed E-state index contributed by atoms with van der Waals surface area (Å²) in [4.78, 5) is 28.9. The monoisotopic (exact) mass is 531 g/mol. The van der Waals surface area contributed by atoms with E-state index in [0.717, 1.165) is 35.1 Å². The van der Waals surface area contributed by atoms with Crippen LogP contribution in [0.3, 0.4) is 0 Å². The molecule has 0 aromatic heterocycles. The van der Waals surface area contributed by atoms with Crippen LogP contribution >= 0.6 is 0 Å². The minimum absolute atomic E-state index is 0.0530. The molecule has 0 spiro atoms. The van der Waals surface area contributed by atoms with Gasteiger partial charge in [0.25, 0.3) is 0 Å². The highest BCUT2D eigenvalue weighted by Crippen LogP contribution is 2.44. The number of hydrogen-bond acceptors (Lipinski definition) is 4. The number of allylic oxidation sites excluding steroid dienone is 2. The Labute approximate surface area is 234 Å². The average Bonchev–Trinajstić information content (AvgIpc) is 2.91. The summed E-state index contributed by atoms with van der Waals surface area (Å²) in [7, 11) is 0. The lowest BCUT2D eigenvalue weighted by atomic mass is 9.63. The van der Waals surface area contributed by atoms with E-state index >= 15 is 0 Å². The molecule has 2 aromatic rings. The molecule has 2 aromatic carbocycles. The van der Waals surface area contributed by atoms with E-state index in [-0.39, 0.29) is 18.9 Å². The Bertz CT molecular complexity index is 1170. The average molecular weight is 532 g/mol. The van der Waals surface area contributed by atoms with E-state index in [1.54, 1.807) is 0 Å². The van der Waals surface area contributed by atoms with Crippen molar-refractivity contribution in [3.63, 3.8) is 0 Å². The van der Waals surface area contributed by atoms with Crippen molar-refractivity contribution in [2.75, 3.05) is 19.6 Å². The number of nitrogens with one attached hydrogen (secondary N) is 1. The Hall–Kier alpha value is -3.22. The molecule has 1 aliphatic rings. The van der Waals surface area contributed by atoms with Crippen LogP contribution in [0.25, 0.3) is 0 Å². The van der Waals surface area contributed by atoms with Crippen molar-refractivity contribution < 1.29 is 14.7 Å². The molecule has 0 saturated carbocycles. The van der Waals surface area contributed by atoms with Gasteiger partial charge in [-0.15, -0.1) is 0 Å². The van der Waals surface area contributed by atoms with Crippen LogP contribution in [0, 0.1) is 18.3 Å². The van der Waals surface area contributed by atoms with Gasteiger partial charge >= 0.3 is 0 Å². The third-order valence-corrected chi connectivity index (χ3v) is 7.57. The van der Waals surface area contributed by atoms with Crippen LogP contribution < -0.4 is 11.1 Å². The van der Waals surface area contributed by atoms with E-state index in [4.69, 9.17) is 5.73 Å². The molecule has 3 rings (SSSR count). The molecule has 3 atom stereocenters. The molecule has 2 amide bonds. The summed E-state index contributed by atoms with van der Waals surface area (Å²) in [5.41, 5.74) is 9.63. The van der Waals surface area contributed by atoms with Crippen LogP contribution in [-0.2, 0) is 22.6 Å². The summed E-state index contributed by atoms with van der Waals surface area (Å²) < 4.78 is 0. The number of amides is 2. The second kappa shape index (κ2) is 14.2. The number of hydrogen-bond donors (Lipinski definition) is 3. The normalized spacial score (nSPS) is 18.6. The molecule has 4 N–H and O–H groups in total. The molecule has 0 aliphatic heterocycles. The molecule has 1 unspecified atom stereocenters. The smallest absolute Gasteiger partial charge is 0.249 e. The molecule has 39 heavy (non-hydrogen) atoms. The number of carbonyl (C=O) groups is 2. The summed E-state index contributed by atoms with van der Waals surface area (Å²) in [5, 5.41) is 15.0. The number of aliphatic hydroxyl groups excluding tert-OH is 1. The first kappa shape index (κ1) is 30.3. The van der Waals surface area contributed by atoms with E-state index in [2.05, 4.69) is 25.2 Å². The molecule has 210 valence electrons. The van der Waals surface area contributed by atoms with Crippen LogP contribution in [0.2, 0.25) is 0 Å². The first-order valence-corrected chi connectivity index (χ1v) is 14.2. The Morgan fingerprint density at radius 2 is 1.69 bits per heavy atom. The van der Waals surface area contributed by atoms with Crippen LogP contribution in [0.15, 0.2) is 77.9 Å². The highest BCUT2D eigenvalue weighted by molar-refractivity contribution is 5.96. The fourth-order valence-electron chi connectivity index (χ4n) is 5.77. The fraction of sp³-hybridized carbons (Fsp3) is 0.455. The van der Waals surface area contributed by atoms with Crippen molar-refractivity contribution in [1.82, 2.24) is 10.2 Å². The number of nitrogens with two attached hydrogens (primary N) is 1. The Morgan fingerprint density at radius 3 is 2.31 bits per heavy atom. The van der Waals surface area contributed by atoms with Crippen molar-refractivity contribution in [3.05, 3.63) is 94.6 Å². The minimum Gasteiger partial charge on any atom is -0.391 e. The van der Waals surface area contributed by atoms with E-state index in [1.165, 1.54) is 0 Å². The summed E-state index contributed by atoms with van der Waals surface area (Å²) in [5.74, 6) is -1.10. The van der Waals surface area contributed by atoms with Crippen molar-refractivity contribution in [2.24, 2.45) is 17.1 Å². The predicted octanol–water partition coefficient (Wildman–Crippen LogP) is 4.70. The van der Waals surface area contributed by atoms with Crippen molar-refractivity contribution in [3.8, 4) is 0 Å². The molecule has 0 heterocycles. The third-order valence-electron chi connectivity index (χ3n) is 7.57. The van der Waals surface area contributed by atoms with Crippen LogP contribution in [-0.4, -0.2) is 47.6 Å². The SMILES string of the molecule is CCCN(CCC)C(=O)C1=CC(C)=CC(C(N)=O)([C@H](Cc2cccc(C)c2)[C@@H](O)CNCc2ccccc2)C1. The topological polar surface area (TPSA) is 95.7 Å². The maximum Gasteiger partial charge on any atom is 0.249 e. The number of carbonyl (C=O) groups excluding carboxylic acids is 2. The molecule has 0 saturated heterocycles. The third kappa shape index (κ3) is 7.90. The number of benzene rings is 2. The zero-order chi connectivity index (χ0) is 28.4. The van der Waals surface area contributed by atoms with Gasteiger partial charge in [0.15, 0.2) is 0 Å². The minimum atomic E-state index is -1.20. The van der Waals surface area contributed by atoms with Crippen LogP contribution in [0.4, 0.5) is 0 Å². The number of aryl methyl sites for hydroxylation is 1. The summed E-state index contributed by atoms with van der Waals surface area (Å²) in [6.07, 6.45) is 5.24. The second-order valence-electron chi connectivity index (χ2n) is 10.9.